The molecular weight excluding hydrogens is 258 g/mol. The number of aromatic nitrogens is 1. The molecule has 0 saturated heterocycles. The zero-order valence-electron chi connectivity index (χ0n) is 8.03. The van der Waals surface area contributed by atoms with Crippen LogP contribution in [0.3, 0.4) is 0 Å². The van der Waals surface area contributed by atoms with Gasteiger partial charge in [0, 0.05) is 11.4 Å². The van der Waals surface area contributed by atoms with Crippen LogP contribution in [0.1, 0.15) is 17.4 Å². The second-order valence-electron chi connectivity index (χ2n) is 3.14. The highest BCUT2D eigenvalue weighted by Gasteiger charge is 2.13. The first-order valence-electron chi connectivity index (χ1n) is 4.40. The fraction of sp³-hybridized carbons (Fsp3) is 0.0909. The Kier molecular flexibility index (Phi) is 2.68. The third-order valence-corrected chi connectivity index (χ3v) is 2.59. The Bertz CT molecular complexity index is 488. The highest BCUT2D eigenvalue weighted by molar-refractivity contribution is 9.10. The van der Waals surface area contributed by atoms with Crippen molar-refractivity contribution in [1.82, 2.24) is 5.16 Å². The normalized spacial score (nSPS) is 10.3. The molecule has 2 rings (SSSR count). The molecule has 1 aromatic carbocycles. The Balaban J connectivity index is 2.49. The highest BCUT2D eigenvalue weighted by atomic mass is 79.9. The number of Topliss-reactive ketones (excluding diaryl/α,β-unsaturated/α-hetero) is 1. The maximum Gasteiger partial charge on any atom is 0.182 e. The highest BCUT2D eigenvalue weighted by Crippen LogP contribution is 2.24. The summed E-state index contributed by atoms with van der Waals surface area (Å²) in [6, 6.07) is 7.63. The summed E-state index contributed by atoms with van der Waals surface area (Å²) in [7, 11) is 0. The van der Waals surface area contributed by atoms with Crippen molar-refractivity contribution >= 4 is 21.7 Å². The number of carbonyl (C=O) groups excluding carboxylic acids is 1. The van der Waals surface area contributed by atoms with E-state index in [1.54, 1.807) is 0 Å². The molecule has 0 spiro atoms. The summed E-state index contributed by atoms with van der Waals surface area (Å²) >= 11 is 3.35. The molecule has 0 fully saturated rings. The van der Waals surface area contributed by atoms with Gasteiger partial charge in [0.25, 0.3) is 0 Å². The summed E-state index contributed by atoms with van der Waals surface area (Å²) in [6.07, 6.45) is 1.49. The van der Waals surface area contributed by atoms with E-state index in [1.807, 2.05) is 24.3 Å². The van der Waals surface area contributed by atoms with Crippen LogP contribution < -0.4 is 0 Å². The zero-order valence-corrected chi connectivity index (χ0v) is 9.61. The van der Waals surface area contributed by atoms with E-state index in [0.717, 1.165) is 15.6 Å². The Morgan fingerprint density at radius 3 is 2.60 bits per heavy atom. The van der Waals surface area contributed by atoms with Crippen molar-refractivity contribution in [2.24, 2.45) is 0 Å². The molecule has 0 amide bonds. The predicted molar refractivity (Wildman–Crippen MR) is 59.6 cm³/mol. The van der Waals surface area contributed by atoms with Gasteiger partial charge in [-0.3, -0.25) is 4.79 Å². The number of benzene rings is 1. The molecule has 1 aromatic heterocycles. The minimum absolute atomic E-state index is 0.0957. The van der Waals surface area contributed by atoms with E-state index in [1.165, 1.54) is 13.2 Å². The summed E-state index contributed by atoms with van der Waals surface area (Å²) < 4.78 is 5.80. The third-order valence-electron chi connectivity index (χ3n) is 2.06. The Labute approximate surface area is 95.2 Å². The second kappa shape index (κ2) is 3.98. The number of rotatable bonds is 2. The average molecular weight is 266 g/mol. The van der Waals surface area contributed by atoms with Gasteiger partial charge in [-0.1, -0.05) is 33.2 Å². The molecule has 0 unspecified atom stereocenters. The van der Waals surface area contributed by atoms with Crippen LogP contribution in [0.15, 0.2) is 39.5 Å². The first kappa shape index (κ1) is 10.1. The van der Waals surface area contributed by atoms with Crippen LogP contribution in [-0.2, 0) is 0 Å². The predicted octanol–water partition coefficient (Wildman–Crippen LogP) is 3.31. The maximum atomic E-state index is 11.2. The standard InChI is InChI=1S/C11H8BrNO2/c1-7(14)11-10(6-15-13-11)8-2-4-9(12)5-3-8/h2-6H,1H3. The average Bonchev–Trinajstić information content (AvgIpc) is 2.67. The molecule has 3 nitrogen and oxygen atoms in total. The van der Waals surface area contributed by atoms with Crippen LogP contribution in [-0.4, -0.2) is 10.9 Å². The van der Waals surface area contributed by atoms with E-state index in [0.29, 0.717) is 5.69 Å². The minimum Gasteiger partial charge on any atom is -0.363 e. The largest absolute Gasteiger partial charge is 0.363 e. The van der Waals surface area contributed by atoms with Crippen LogP contribution >= 0.6 is 15.9 Å². The lowest BCUT2D eigenvalue weighted by Crippen LogP contribution is -1.94. The third kappa shape index (κ3) is 1.99. The Hall–Kier alpha value is -1.42. The van der Waals surface area contributed by atoms with Crippen LogP contribution in [0.25, 0.3) is 11.1 Å². The number of nitrogens with zero attached hydrogens (tertiary/aromatic N) is 1. The molecule has 0 N–H and O–H groups in total. The van der Waals surface area contributed by atoms with E-state index in [2.05, 4.69) is 21.1 Å². The van der Waals surface area contributed by atoms with Gasteiger partial charge < -0.3 is 4.52 Å². The van der Waals surface area contributed by atoms with Gasteiger partial charge in [-0.05, 0) is 17.7 Å². The van der Waals surface area contributed by atoms with Gasteiger partial charge in [0.2, 0.25) is 0 Å². The summed E-state index contributed by atoms with van der Waals surface area (Å²) in [5, 5.41) is 3.68. The van der Waals surface area contributed by atoms with Crippen molar-refractivity contribution in [1.29, 1.82) is 0 Å². The van der Waals surface area contributed by atoms with E-state index < -0.39 is 0 Å². The number of hydrogen-bond acceptors (Lipinski definition) is 3. The Morgan fingerprint density at radius 2 is 2.00 bits per heavy atom. The van der Waals surface area contributed by atoms with Gasteiger partial charge in [0.15, 0.2) is 11.5 Å². The van der Waals surface area contributed by atoms with E-state index in [-0.39, 0.29) is 5.78 Å². The SMILES string of the molecule is CC(=O)c1nocc1-c1ccc(Br)cc1. The topological polar surface area (TPSA) is 43.1 Å². The molecule has 0 aliphatic rings. The molecular formula is C11H8BrNO2. The smallest absolute Gasteiger partial charge is 0.182 e. The van der Waals surface area contributed by atoms with E-state index in [4.69, 9.17) is 4.52 Å². The second-order valence-corrected chi connectivity index (χ2v) is 4.06. The van der Waals surface area contributed by atoms with E-state index >= 15 is 0 Å². The summed E-state index contributed by atoms with van der Waals surface area (Å²) in [5.74, 6) is -0.0957. The number of carbonyl (C=O) groups is 1. The first-order chi connectivity index (χ1) is 7.18. The van der Waals surface area contributed by atoms with Gasteiger partial charge >= 0.3 is 0 Å². The van der Waals surface area contributed by atoms with Crippen LogP contribution in [0.4, 0.5) is 0 Å². The molecule has 0 bridgehead atoms. The fourth-order valence-corrected chi connectivity index (χ4v) is 1.59. The number of ketones is 1. The molecule has 0 aliphatic carbocycles. The first-order valence-corrected chi connectivity index (χ1v) is 5.19. The quantitative estimate of drug-likeness (QED) is 0.783. The van der Waals surface area contributed by atoms with Crippen molar-refractivity contribution in [3.63, 3.8) is 0 Å². The van der Waals surface area contributed by atoms with Crippen LogP contribution in [0, 0.1) is 0 Å². The minimum atomic E-state index is -0.0957. The molecule has 0 radical (unpaired) electrons. The van der Waals surface area contributed by atoms with Crippen molar-refractivity contribution in [3.8, 4) is 11.1 Å². The molecule has 0 aliphatic heterocycles. The van der Waals surface area contributed by atoms with Crippen LogP contribution in [0.5, 0.6) is 0 Å². The molecule has 15 heavy (non-hydrogen) atoms. The molecule has 4 heteroatoms. The number of halogens is 1. The molecule has 0 saturated carbocycles. The maximum absolute atomic E-state index is 11.2. The van der Waals surface area contributed by atoms with Crippen LogP contribution in [0.2, 0.25) is 0 Å². The lowest BCUT2D eigenvalue weighted by molar-refractivity contribution is 0.101. The molecule has 0 atom stereocenters. The van der Waals surface area contributed by atoms with Gasteiger partial charge in [-0.25, -0.2) is 0 Å². The van der Waals surface area contributed by atoms with Crippen molar-refractivity contribution in [2.45, 2.75) is 6.92 Å². The summed E-state index contributed by atoms with van der Waals surface area (Å²) in [6.45, 7) is 1.47. The van der Waals surface area contributed by atoms with Crippen molar-refractivity contribution in [2.75, 3.05) is 0 Å². The molecule has 76 valence electrons. The number of hydrogen-bond donors (Lipinski definition) is 0. The van der Waals surface area contributed by atoms with Gasteiger partial charge in [-0.2, -0.15) is 0 Å². The fourth-order valence-electron chi connectivity index (χ4n) is 1.32. The lowest BCUT2D eigenvalue weighted by Gasteiger charge is -1.98. The lowest BCUT2D eigenvalue weighted by atomic mass is 10.1. The van der Waals surface area contributed by atoms with Gasteiger partial charge in [0.1, 0.15) is 6.26 Å². The van der Waals surface area contributed by atoms with E-state index in [9.17, 15) is 4.79 Å². The Morgan fingerprint density at radius 1 is 1.33 bits per heavy atom. The summed E-state index contributed by atoms with van der Waals surface area (Å²) in [4.78, 5) is 11.2. The van der Waals surface area contributed by atoms with Crippen molar-refractivity contribution in [3.05, 3.63) is 40.7 Å². The molecule has 1 heterocycles. The monoisotopic (exact) mass is 265 g/mol. The summed E-state index contributed by atoms with van der Waals surface area (Å²) in [5.41, 5.74) is 2.02. The molecule has 2 aromatic rings. The zero-order chi connectivity index (χ0) is 10.8. The van der Waals surface area contributed by atoms with Gasteiger partial charge in [-0.15, -0.1) is 0 Å². The van der Waals surface area contributed by atoms with Crippen molar-refractivity contribution < 1.29 is 9.32 Å². The van der Waals surface area contributed by atoms with Gasteiger partial charge in [0.05, 0.1) is 5.56 Å².